The van der Waals surface area contributed by atoms with Crippen molar-refractivity contribution in [3.05, 3.63) is 48.2 Å². The molecule has 2 aromatic rings. The molecule has 0 unspecified atom stereocenters. The predicted molar refractivity (Wildman–Crippen MR) is 46.2 cm³/mol. The summed E-state index contributed by atoms with van der Waals surface area (Å²) >= 11 is 0. The second-order valence-electron chi connectivity index (χ2n) is 2.67. The number of halogens is 2. The Bertz CT molecular complexity index is 443. The van der Waals surface area contributed by atoms with Crippen molar-refractivity contribution in [2.45, 2.75) is 0 Å². The van der Waals surface area contributed by atoms with Crippen molar-refractivity contribution in [1.29, 1.82) is 0 Å². The van der Waals surface area contributed by atoms with E-state index in [4.69, 9.17) is 0 Å². The van der Waals surface area contributed by atoms with Gasteiger partial charge in [0.1, 0.15) is 17.8 Å². The molecule has 0 aliphatic rings. The molecule has 0 saturated carbocycles. The zero-order valence-corrected chi connectivity index (χ0v) is 7.04. The SMILES string of the molecule is Fc1ccc(F)c(-c2cc[c]nn2)c1. The molecule has 69 valence electrons. The Hall–Kier alpha value is -1.84. The van der Waals surface area contributed by atoms with Crippen LogP contribution in [0.3, 0.4) is 0 Å². The van der Waals surface area contributed by atoms with Crippen molar-refractivity contribution in [2.75, 3.05) is 0 Å². The molecular formula is C10H5F2N2. The minimum absolute atomic E-state index is 0.103. The minimum atomic E-state index is -0.521. The van der Waals surface area contributed by atoms with E-state index < -0.39 is 11.6 Å². The van der Waals surface area contributed by atoms with Crippen molar-refractivity contribution in [2.24, 2.45) is 0 Å². The van der Waals surface area contributed by atoms with Gasteiger partial charge in [0.2, 0.25) is 0 Å². The number of aromatic nitrogens is 2. The van der Waals surface area contributed by atoms with Crippen LogP contribution in [0.15, 0.2) is 30.3 Å². The molecule has 0 aliphatic carbocycles. The normalized spacial score (nSPS) is 10.1. The van der Waals surface area contributed by atoms with Crippen LogP contribution in [-0.4, -0.2) is 10.2 Å². The number of hydrogen-bond acceptors (Lipinski definition) is 2. The summed E-state index contributed by atoms with van der Waals surface area (Å²) in [7, 11) is 0. The van der Waals surface area contributed by atoms with Gasteiger partial charge in [0.15, 0.2) is 0 Å². The Kier molecular flexibility index (Phi) is 2.18. The van der Waals surface area contributed by atoms with E-state index in [9.17, 15) is 8.78 Å². The lowest BCUT2D eigenvalue weighted by Gasteiger charge is -2.00. The highest BCUT2D eigenvalue weighted by molar-refractivity contribution is 5.58. The van der Waals surface area contributed by atoms with Crippen LogP contribution < -0.4 is 0 Å². The lowest BCUT2D eigenvalue weighted by Crippen LogP contribution is -1.90. The van der Waals surface area contributed by atoms with Crippen LogP contribution in [0.4, 0.5) is 8.78 Å². The summed E-state index contributed by atoms with van der Waals surface area (Å²) in [5, 5.41) is 7.11. The summed E-state index contributed by atoms with van der Waals surface area (Å²) in [6.07, 6.45) is 2.46. The van der Waals surface area contributed by atoms with Gasteiger partial charge in [0, 0.05) is 5.56 Å². The van der Waals surface area contributed by atoms with Gasteiger partial charge in [-0.05, 0) is 30.3 Å². The van der Waals surface area contributed by atoms with E-state index in [2.05, 4.69) is 16.4 Å². The van der Waals surface area contributed by atoms with Gasteiger partial charge in [-0.15, -0.1) is 10.2 Å². The second-order valence-corrected chi connectivity index (χ2v) is 2.67. The van der Waals surface area contributed by atoms with Crippen molar-refractivity contribution in [3.63, 3.8) is 0 Å². The molecule has 0 spiro atoms. The van der Waals surface area contributed by atoms with Crippen LogP contribution in [0.2, 0.25) is 0 Å². The molecule has 1 aromatic heterocycles. The fraction of sp³-hybridized carbons (Fsp3) is 0. The van der Waals surface area contributed by atoms with E-state index in [1.54, 1.807) is 0 Å². The Morgan fingerprint density at radius 2 is 2.00 bits per heavy atom. The highest BCUT2D eigenvalue weighted by Crippen LogP contribution is 2.20. The largest absolute Gasteiger partial charge is 0.207 e. The summed E-state index contributed by atoms with van der Waals surface area (Å²) in [6.45, 7) is 0. The predicted octanol–water partition coefficient (Wildman–Crippen LogP) is 2.22. The van der Waals surface area contributed by atoms with E-state index in [0.29, 0.717) is 5.69 Å². The second kappa shape index (κ2) is 3.49. The zero-order chi connectivity index (χ0) is 9.97. The number of benzene rings is 1. The Labute approximate surface area is 79.2 Å². The van der Waals surface area contributed by atoms with Crippen molar-refractivity contribution < 1.29 is 8.78 Å². The molecule has 1 aromatic carbocycles. The highest BCUT2D eigenvalue weighted by Gasteiger charge is 2.07. The van der Waals surface area contributed by atoms with Crippen LogP contribution in [0, 0.1) is 17.8 Å². The van der Waals surface area contributed by atoms with Gasteiger partial charge in [0.25, 0.3) is 0 Å². The first-order valence-electron chi connectivity index (χ1n) is 3.92. The average molecular weight is 191 g/mol. The molecule has 0 bridgehead atoms. The van der Waals surface area contributed by atoms with Gasteiger partial charge >= 0.3 is 0 Å². The topological polar surface area (TPSA) is 25.8 Å². The van der Waals surface area contributed by atoms with Crippen LogP contribution in [-0.2, 0) is 0 Å². The van der Waals surface area contributed by atoms with Crippen LogP contribution >= 0.6 is 0 Å². The summed E-state index contributed by atoms with van der Waals surface area (Å²) in [6, 6.07) is 6.21. The molecule has 0 aliphatic heterocycles. The van der Waals surface area contributed by atoms with Crippen LogP contribution in [0.1, 0.15) is 0 Å². The quantitative estimate of drug-likeness (QED) is 0.690. The summed E-state index contributed by atoms with van der Waals surface area (Å²) in [5.74, 6) is -1.03. The van der Waals surface area contributed by atoms with E-state index in [1.807, 2.05) is 0 Å². The number of hydrogen-bond donors (Lipinski definition) is 0. The van der Waals surface area contributed by atoms with Gasteiger partial charge in [-0.1, -0.05) is 0 Å². The maximum absolute atomic E-state index is 13.2. The molecule has 0 fully saturated rings. The molecule has 2 nitrogen and oxygen atoms in total. The van der Waals surface area contributed by atoms with E-state index >= 15 is 0 Å². The number of rotatable bonds is 1. The van der Waals surface area contributed by atoms with Crippen molar-refractivity contribution in [3.8, 4) is 11.3 Å². The summed E-state index contributed by atoms with van der Waals surface area (Å²) < 4.78 is 26.0. The molecule has 4 heteroatoms. The fourth-order valence-corrected chi connectivity index (χ4v) is 1.10. The highest BCUT2D eigenvalue weighted by atomic mass is 19.1. The van der Waals surface area contributed by atoms with E-state index in [0.717, 1.165) is 18.2 Å². The fourth-order valence-electron chi connectivity index (χ4n) is 1.10. The molecule has 2 rings (SSSR count). The number of nitrogens with zero attached hydrogens (tertiary/aromatic N) is 2. The Balaban J connectivity index is 2.57. The molecule has 0 N–H and O–H groups in total. The lowest BCUT2D eigenvalue weighted by atomic mass is 10.1. The van der Waals surface area contributed by atoms with Gasteiger partial charge in [-0.3, -0.25) is 0 Å². The molecule has 1 heterocycles. The van der Waals surface area contributed by atoms with Gasteiger partial charge in [-0.25, -0.2) is 8.78 Å². The van der Waals surface area contributed by atoms with Gasteiger partial charge < -0.3 is 0 Å². The van der Waals surface area contributed by atoms with E-state index in [-0.39, 0.29) is 5.56 Å². The van der Waals surface area contributed by atoms with Crippen LogP contribution in [0.25, 0.3) is 11.3 Å². The first-order valence-corrected chi connectivity index (χ1v) is 3.92. The Morgan fingerprint density at radius 1 is 1.14 bits per heavy atom. The molecule has 0 amide bonds. The molecule has 0 saturated heterocycles. The molecular weight excluding hydrogens is 186 g/mol. The average Bonchev–Trinajstić information content (AvgIpc) is 2.23. The first-order chi connectivity index (χ1) is 6.77. The van der Waals surface area contributed by atoms with Crippen molar-refractivity contribution in [1.82, 2.24) is 10.2 Å². The monoisotopic (exact) mass is 191 g/mol. The molecule has 1 radical (unpaired) electrons. The third-order valence-electron chi connectivity index (χ3n) is 1.74. The first kappa shape index (κ1) is 8.74. The third kappa shape index (κ3) is 1.59. The standard InChI is InChI=1S/C10H5F2N2/c11-7-3-4-9(12)8(6-7)10-2-1-5-13-14-10/h1-4,6H. The van der Waals surface area contributed by atoms with Gasteiger partial charge in [-0.2, -0.15) is 0 Å². The lowest BCUT2D eigenvalue weighted by molar-refractivity contribution is 0.602. The third-order valence-corrected chi connectivity index (χ3v) is 1.74. The summed E-state index contributed by atoms with van der Waals surface area (Å²) in [5.41, 5.74) is 0.396. The zero-order valence-electron chi connectivity index (χ0n) is 7.04. The minimum Gasteiger partial charge on any atom is -0.207 e. The van der Waals surface area contributed by atoms with Crippen molar-refractivity contribution >= 4 is 0 Å². The summed E-state index contributed by atoms with van der Waals surface area (Å²) in [4.78, 5) is 0. The smallest absolute Gasteiger partial charge is 0.132 e. The Morgan fingerprint density at radius 3 is 2.71 bits per heavy atom. The van der Waals surface area contributed by atoms with Gasteiger partial charge in [0.05, 0.1) is 5.69 Å². The molecule has 14 heavy (non-hydrogen) atoms. The maximum Gasteiger partial charge on any atom is 0.132 e. The maximum atomic E-state index is 13.2. The van der Waals surface area contributed by atoms with Crippen LogP contribution in [0.5, 0.6) is 0 Å². The van der Waals surface area contributed by atoms with E-state index in [1.165, 1.54) is 12.1 Å². The molecule has 0 atom stereocenters.